The predicted molar refractivity (Wildman–Crippen MR) is 68.4 cm³/mol. The summed E-state index contributed by atoms with van der Waals surface area (Å²) in [7, 11) is 0. The van der Waals surface area contributed by atoms with Crippen LogP contribution in [0, 0.1) is 0 Å². The number of benzene rings is 1. The van der Waals surface area contributed by atoms with Crippen LogP contribution in [0.5, 0.6) is 11.5 Å². The van der Waals surface area contributed by atoms with Gasteiger partial charge in [0.05, 0.1) is 12.4 Å². The fourth-order valence-electron chi connectivity index (χ4n) is 1.73. The number of aromatic nitrogens is 2. The zero-order valence-corrected chi connectivity index (χ0v) is 10.8. The fraction of sp³-hybridized carbons (Fsp3) is 0.308. The molecule has 2 N–H and O–H groups in total. The molecule has 0 saturated heterocycles. The van der Waals surface area contributed by atoms with E-state index in [2.05, 4.69) is 5.10 Å². The molecule has 1 heterocycles. The second-order valence-corrected chi connectivity index (χ2v) is 4.29. The van der Waals surface area contributed by atoms with Crippen molar-refractivity contribution in [3.05, 3.63) is 36.2 Å². The Morgan fingerprint density at radius 2 is 2.10 bits per heavy atom. The summed E-state index contributed by atoms with van der Waals surface area (Å²) in [6.45, 7) is 2.65. The summed E-state index contributed by atoms with van der Waals surface area (Å²) in [6.07, 6.45) is -0.715. The summed E-state index contributed by atoms with van der Waals surface area (Å²) in [6, 6.07) is 3.42. The maximum absolute atomic E-state index is 12.9. The highest BCUT2D eigenvalue weighted by Gasteiger charge is 2.34. The highest BCUT2D eigenvalue weighted by molar-refractivity contribution is 5.50. The van der Waals surface area contributed by atoms with Crippen LogP contribution in [-0.4, -0.2) is 9.78 Å². The smallest absolute Gasteiger partial charge is 0.420 e. The van der Waals surface area contributed by atoms with Crippen molar-refractivity contribution < 1.29 is 17.9 Å². The van der Waals surface area contributed by atoms with Crippen molar-refractivity contribution in [3.8, 4) is 11.5 Å². The third kappa shape index (κ3) is 3.23. The van der Waals surface area contributed by atoms with E-state index in [9.17, 15) is 13.2 Å². The van der Waals surface area contributed by atoms with Crippen molar-refractivity contribution >= 4 is 5.69 Å². The minimum atomic E-state index is -4.52. The van der Waals surface area contributed by atoms with Crippen molar-refractivity contribution in [2.24, 2.45) is 0 Å². The molecule has 0 bridgehead atoms. The summed E-state index contributed by atoms with van der Waals surface area (Å²) in [4.78, 5) is 0. The Labute approximate surface area is 114 Å². The molecule has 0 spiro atoms. The molecule has 0 aliphatic heterocycles. The van der Waals surface area contributed by atoms with Crippen LogP contribution >= 0.6 is 0 Å². The normalized spacial score (nSPS) is 11.6. The molecule has 0 atom stereocenters. The number of hydrogen-bond donors (Lipinski definition) is 1. The van der Waals surface area contributed by atoms with Crippen LogP contribution in [0.2, 0.25) is 0 Å². The molecule has 7 heteroatoms. The summed E-state index contributed by atoms with van der Waals surface area (Å²) >= 11 is 0. The summed E-state index contributed by atoms with van der Waals surface area (Å²) in [5, 5.41) is 4.00. The molecule has 2 aromatic rings. The number of ether oxygens (including phenoxy) is 1. The van der Waals surface area contributed by atoms with Gasteiger partial charge in [0.25, 0.3) is 0 Å². The quantitative estimate of drug-likeness (QED) is 0.872. The van der Waals surface area contributed by atoms with E-state index in [4.69, 9.17) is 10.5 Å². The third-order valence-corrected chi connectivity index (χ3v) is 2.60. The van der Waals surface area contributed by atoms with Crippen molar-refractivity contribution in [1.82, 2.24) is 9.78 Å². The minimum Gasteiger partial charge on any atom is -0.453 e. The van der Waals surface area contributed by atoms with E-state index < -0.39 is 11.7 Å². The van der Waals surface area contributed by atoms with Gasteiger partial charge in [0, 0.05) is 12.2 Å². The van der Waals surface area contributed by atoms with Crippen LogP contribution in [0.15, 0.2) is 30.6 Å². The van der Waals surface area contributed by atoms with E-state index in [0.29, 0.717) is 6.54 Å². The van der Waals surface area contributed by atoms with E-state index in [1.807, 2.05) is 6.92 Å². The van der Waals surface area contributed by atoms with Crippen LogP contribution < -0.4 is 10.5 Å². The lowest BCUT2D eigenvalue weighted by molar-refractivity contribution is -0.138. The molecule has 108 valence electrons. The monoisotopic (exact) mass is 285 g/mol. The van der Waals surface area contributed by atoms with Gasteiger partial charge in [0.1, 0.15) is 11.3 Å². The predicted octanol–water partition coefficient (Wildman–Crippen LogP) is 3.69. The van der Waals surface area contributed by atoms with E-state index in [1.165, 1.54) is 18.3 Å². The molecule has 2 rings (SSSR count). The van der Waals surface area contributed by atoms with Gasteiger partial charge in [0.2, 0.25) is 0 Å². The van der Waals surface area contributed by atoms with Crippen LogP contribution in [0.4, 0.5) is 18.9 Å². The van der Waals surface area contributed by atoms with Crippen molar-refractivity contribution in [2.75, 3.05) is 5.73 Å². The first-order chi connectivity index (χ1) is 9.40. The number of rotatable bonds is 4. The van der Waals surface area contributed by atoms with E-state index in [1.54, 1.807) is 10.9 Å². The zero-order chi connectivity index (χ0) is 14.8. The Balaban J connectivity index is 2.28. The number of hydrogen-bond acceptors (Lipinski definition) is 3. The average molecular weight is 285 g/mol. The van der Waals surface area contributed by atoms with E-state index >= 15 is 0 Å². The number of nitrogen functional groups attached to an aromatic ring is 1. The Morgan fingerprint density at radius 1 is 1.35 bits per heavy atom. The van der Waals surface area contributed by atoms with Gasteiger partial charge in [-0.3, -0.25) is 4.68 Å². The minimum absolute atomic E-state index is 0.0337. The largest absolute Gasteiger partial charge is 0.453 e. The third-order valence-electron chi connectivity index (χ3n) is 2.60. The molecular weight excluding hydrogens is 271 g/mol. The number of nitrogens with two attached hydrogens (primary N) is 1. The first kappa shape index (κ1) is 14.2. The maximum Gasteiger partial charge on any atom is 0.420 e. The molecule has 0 radical (unpaired) electrons. The summed E-state index contributed by atoms with van der Waals surface area (Å²) in [5.41, 5.74) is 4.52. The average Bonchev–Trinajstić information content (AvgIpc) is 2.78. The molecule has 0 aliphatic carbocycles. The summed E-state index contributed by atoms with van der Waals surface area (Å²) < 4.78 is 45.6. The number of anilines is 1. The molecular formula is C13H14F3N3O. The first-order valence-electron chi connectivity index (χ1n) is 6.07. The number of alkyl halides is 3. The van der Waals surface area contributed by atoms with Crippen LogP contribution in [0.25, 0.3) is 0 Å². The topological polar surface area (TPSA) is 53.1 Å². The lowest BCUT2D eigenvalue weighted by Gasteiger charge is -2.13. The Hall–Kier alpha value is -2.18. The number of nitrogens with zero attached hydrogens (tertiary/aromatic N) is 2. The molecule has 0 amide bonds. The highest BCUT2D eigenvalue weighted by Crippen LogP contribution is 2.39. The summed E-state index contributed by atoms with van der Waals surface area (Å²) in [5.74, 6) is -0.0310. The number of halogens is 3. The van der Waals surface area contributed by atoms with E-state index in [0.717, 1.165) is 12.5 Å². The van der Waals surface area contributed by atoms with Crippen molar-refractivity contribution in [3.63, 3.8) is 0 Å². The van der Waals surface area contributed by atoms with Gasteiger partial charge in [-0.1, -0.05) is 6.92 Å². The van der Waals surface area contributed by atoms with Crippen molar-refractivity contribution in [2.45, 2.75) is 26.1 Å². The maximum atomic E-state index is 12.9. The molecule has 0 unspecified atom stereocenters. The highest BCUT2D eigenvalue weighted by atomic mass is 19.4. The molecule has 1 aromatic heterocycles. The molecule has 4 nitrogen and oxygen atoms in total. The number of aryl methyl sites for hydroxylation is 1. The van der Waals surface area contributed by atoms with Gasteiger partial charge in [-0.15, -0.1) is 0 Å². The van der Waals surface area contributed by atoms with Gasteiger partial charge in [-0.2, -0.15) is 18.3 Å². The molecule has 0 aliphatic rings. The fourth-order valence-corrected chi connectivity index (χ4v) is 1.73. The second kappa shape index (κ2) is 5.44. The zero-order valence-electron chi connectivity index (χ0n) is 10.8. The molecule has 0 fully saturated rings. The van der Waals surface area contributed by atoms with Gasteiger partial charge in [-0.25, -0.2) is 0 Å². The van der Waals surface area contributed by atoms with E-state index in [-0.39, 0.29) is 17.2 Å². The SMILES string of the molecule is CCCn1cc(Oc2ccc(N)cc2C(F)(F)F)cn1. The second-order valence-electron chi connectivity index (χ2n) is 4.29. The van der Waals surface area contributed by atoms with Crippen LogP contribution in [0.1, 0.15) is 18.9 Å². The van der Waals surface area contributed by atoms with Crippen LogP contribution in [-0.2, 0) is 12.7 Å². The van der Waals surface area contributed by atoms with Crippen molar-refractivity contribution in [1.29, 1.82) is 0 Å². The van der Waals surface area contributed by atoms with Gasteiger partial charge in [-0.05, 0) is 24.6 Å². The molecule has 1 aromatic carbocycles. The lowest BCUT2D eigenvalue weighted by atomic mass is 10.1. The first-order valence-corrected chi connectivity index (χ1v) is 6.07. The molecule has 20 heavy (non-hydrogen) atoms. The Morgan fingerprint density at radius 3 is 2.75 bits per heavy atom. The van der Waals surface area contributed by atoms with Gasteiger partial charge >= 0.3 is 6.18 Å². The van der Waals surface area contributed by atoms with Crippen LogP contribution in [0.3, 0.4) is 0 Å². The standard InChI is InChI=1S/C13H14F3N3O/c1-2-5-19-8-10(7-18-19)20-12-4-3-9(17)6-11(12)13(14,15)16/h3-4,6-8H,2,5,17H2,1H3. The Bertz CT molecular complexity index is 593. The van der Waals surface area contributed by atoms with Gasteiger partial charge in [0.15, 0.2) is 5.75 Å². The van der Waals surface area contributed by atoms with Gasteiger partial charge < -0.3 is 10.5 Å². The molecule has 0 saturated carbocycles. The Kier molecular flexibility index (Phi) is 3.87. The lowest BCUT2D eigenvalue weighted by Crippen LogP contribution is -2.07.